The minimum absolute atomic E-state index is 0.125. The lowest BCUT2D eigenvalue weighted by molar-refractivity contribution is -0.124. The van der Waals surface area contributed by atoms with E-state index < -0.39 is 0 Å². The van der Waals surface area contributed by atoms with Gasteiger partial charge < -0.3 is 11.1 Å². The number of nitrogens with two attached hydrogens (primary N) is 1. The molecule has 2 atom stereocenters. The maximum absolute atomic E-state index is 11.9. The maximum Gasteiger partial charge on any atom is 0.223 e. The van der Waals surface area contributed by atoms with Gasteiger partial charge in [-0.3, -0.25) is 4.79 Å². The van der Waals surface area contributed by atoms with E-state index >= 15 is 0 Å². The topological polar surface area (TPSA) is 68.0 Å². The van der Waals surface area contributed by atoms with Gasteiger partial charge in [0.1, 0.15) is 0 Å². The van der Waals surface area contributed by atoms with E-state index in [1.54, 1.807) is 11.3 Å². The largest absolute Gasteiger partial charge is 0.355 e. The number of nitrogens with zero attached hydrogens (tertiary/aromatic N) is 1. The average molecular weight is 267 g/mol. The number of aryl methyl sites for hydroxylation is 2. The lowest BCUT2D eigenvalue weighted by Gasteiger charge is -2.09. The summed E-state index contributed by atoms with van der Waals surface area (Å²) in [5.41, 5.74) is 6.91. The Hall–Kier alpha value is -0.940. The van der Waals surface area contributed by atoms with Crippen molar-refractivity contribution >= 4 is 17.2 Å². The summed E-state index contributed by atoms with van der Waals surface area (Å²) in [5, 5.41) is 4.10. The molecule has 1 heterocycles. The second kappa shape index (κ2) is 5.80. The third kappa shape index (κ3) is 3.29. The second-order valence-electron chi connectivity index (χ2n) is 5.06. The first-order valence-corrected chi connectivity index (χ1v) is 7.34. The predicted octanol–water partition coefficient (Wildman–Crippen LogP) is 1.55. The van der Waals surface area contributed by atoms with Gasteiger partial charge in [-0.15, -0.1) is 11.3 Å². The smallest absolute Gasteiger partial charge is 0.223 e. The summed E-state index contributed by atoms with van der Waals surface area (Å²) in [5.74, 6) is 0.285. The highest BCUT2D eigenvalue weighted by Gasteiger charge is 2.27. The fourth-order valence-electron chi connectivity index (χ4n) is 2.34. The van der Waals surface area contributed by atoms with Crippen LogP contribution in [0.2, 0.25) is 0 Å². The molecule has 1 aliphatic rings. The molecule has 0 aliphatic heterocycles. The van der Waals surface area contributed by atoms with Crippen LogP contribution >= 0.6 is 11.3 Å². The third-order valence-corrected chi connectivity index (χ3v) is 4.69. The Morgan fingerprint density at radius 3 is 2.83 bits per heavy atom. The Labute approximate surface area is 112 Å². The van der Waals surface area contributed by atoms with Crippen LogP contribution in [0.1, 0.15) is 34.8 Å². The van der Waals surface area contributed by atoms with Crippen LogP contribution in [0.3, 0.4) is 0 Å². The molecule has 0 radical (unpaired) electrons. The lowest BCUT2D eigenvalue weighted by Crippen LogP contribution is -2.31. The Morgan fingerprint density at radius 1 is 1.50 bits per heavy atom. The van der Waals surface area contributed by atoms with Crippen molar-refractivity contribution in [3.05, 3.63) is 15.6 Å². The van der Waals surface area contributed by atoms with Gasteiger partial charge in [-0.1, -0.05) is 0 Å². The van der Waals surface area contributed by atoms with E-state index in [2.05, 4.69) is 17.2 Å². The van der Waals surface area contributed by atoms with Gasteiger partial charge in [0, 0.05) is 29.8 Å². The molecule has 1 fully saturated rings. The van der Waals surface area contributed by atoms with Crippen LogP contribution in [-0.4, -0.2) is 23.5 Å². The summed E-state index contributed by atoms with van der Waals surface area (Å²) >= 11 is 1.72. The molecule has 18 heavy (non-hydrogen) atoms. The average Bonchev–Trinajstić information content (AvgIpc) is 2.87. The number of nitrogens with one attached hydrogen (secondary N) is 1. The van der Waals surface area contributed by atoms with Crippen LogP contribution in [-0.2, 0) is 11.2 Å². The zero-order valence-corrected chi connectivity index (χ0v) is 11.8. The summed E-state index contributed by atoms with van der Waals surface area (Å²) < 4.78 is 0. The van der Waals surface area contributed by atoms with Crippen molar-refractivity contribution in [1.29, 1.82) is 0 Å². The number of carbonyl (C=O) groups excluding carboxylic acids is 1. The number of amides is 1. The molecule has 3 N–H and O–H groups in total. The first-order chi connectivity index (χ1) is 8.56. The highest BCUT2D eigenvalue weighted by Crippen LogP contribution is 2.24. The summed E-state index contributed by atoms with van der Waals surface area (Å²) in [6.45, 7) is 4.78. The minimum Gasteiger partial charge on any atom is -0.355 e. The van der Waals surface area contributed by atoms with Gasteiger partial charge in [-0.25, -0.2) is 4.98 Å². The molecule has 2 rings (SSSR count). The van der Waals surface area contributed by atoms with Gasteiger partial charge in [0.15, 0.2) is 0 Å². The van der Waals surface area contributed by atoms with Crippen molar-refractivity contribution < 1.29 is 4.79 Å². The van der Waals surface area contributed by atoms with Crippen LogP contribution in [0.25, 0.3) is 0 Å². The van der Waals surface area contributed by atoms with Crippen molar-refractivity contribution in [2.24, 2.45) is 11.7 Å². The normalized spacial score (nSPS) is 23.3. The monoisotopic (exact) mass is 267 g/mol. The van der Waals surface area contributed by atoms with Gasteiger partial charge >= 0.3 is 0 Å². The molecule has 1 aliphatic carbocycles. The summed E-state index contributed by atoms with van der Waals surface area (Å²) in [4.78, 5) is 17.6. The molecule has 2 unspecified atom stereocenters. The molecule has 4 nitrogen and oxygen atoms in total. The highest BCUT2D eigenvalue weighted by atomic mass is 32.1. The number of carbonyl (C=O) groups is 1. The van der Waals surface area contributed by atoms with E-state index in [-0.39, 0.29) is 17.9 Å². The van der Waals surface area contributed by atoms with Crippen molar-refractivity contribution in [3.8, 4) is 0 Å². The van der Waals surface area contributed by atoms with Gasteiger partial charge in [0.2, 0.25) is 5.91 Å². The lowest BCUT2D eigenvalue weighted by atomic mass is 10.1. The van der Waals surface area contributed by atoms with Crippen molar-refractivity contribution in [2.45, 2.75) is 45.6 Å². The Balaban J connectivity index is 1.73. The second-order valence-corrected chi connectivity index (χ2v) is 6.35. The van der Waals surface area contributed by atoms with E-state index in [1.807, 2.05) is 6.92 Å². The SMILES string of the molecule is Cc1nc(CCNC(=O)C2CCC(N)C2)sc1C. The number of aromatic nitrogens is 1. The predicted molar refractivity (Wildman–Crippen MR) is 73.6 cm³/mol. The fourth-order valence-corrected chi connectivity index (χ4v) is 3.27. The first-order valence-electron chi connectivity index (χ1n) is 6.52. The highest BCUT2D eigenvalue weighted by molar-refractivity contribution is 7.11. The van der Waals surface area contributed by atoms with Gasteiger partial charge in [0.05, 0.1) is 10.7 Å². The zero-order chi connectivity index (χ0) is 13.1. The van der Waals surface area contributed by atoms with Gasteiger partial charge in [-0.05, 0) is 33.1 Å². The molecule has 5 heteroatoms. The van der Waals surface area contributed by atoms with Crippen LogP contribution in [0.15, 0.2) is 0 Å². The molecule has 1 saturated carbocycles. The summed E-state index contributed by atoms with van der Waals surface area (Å²) in [6.07, 6.45) is 3.57. The number of rotatable bonds is 4. The molecule has 0 spiro atoms. The molecule has 1 aromatic heterocycles. The van der Waals surface area contributed by atoms with Gasteiger partial charge in [-0.2, -0.15) is 0 Å². The number of thiazole rings is 1. The standard InChI is InChI=1S/C13H21N3OS/c1-8-9(2)18-12(16-8)5-6-15-13(17)10-3-4-11(14)7-10/h10-11H,3-7,14H2,1-2H3,(H,15,17). The molecule has 1 amide bonds. The van der Waals surface area contributed by atoms with E-state index in [0.717, 1.165) is 36.4 Å². The minimum atomic E-state index is 0.125. The molecular formula is C13H21N3OS. The van der Waals surface area contributed by atoms with Crippen LogP contribution in [0.4, 0.5) is 0 Å². The first kappa shape index (κ1) is 13.5. The summed E-state index contributed by atoms with van der Waals surface area (Å²) in [6, 6.07) is 0.213. The van der Waals surface area contributed by atoms with E-state index in [1.165, 1.54) is 4.88 Å². The molecule has 0 bridgehead atoms. The van der Waals surface area contributed by atoms with Crippen molar-refractivity contribution in [3.63, 3.8) is 0 Å². The zero-order valence-electron chi connectivity index (χ0n) is 11.0. The Bertz CT molecular complexity index is 410. The number of hydrogen-bond donors (Lipinski definition) is 2. The molecule has 0 saturated heterocycles. The quantitative estimate of drug-likeness (QED) is 0.869. The summed E-state index contributed by atoms with van der Waals surface area (Å²) in [7, 11) is 0. The molecular weight excluding hydrogens is 246 g/mol. The third-order valence-electron chi connectivity index (χ3n) is 3.55. The fraction of sp³-hybridized carbons (Fsp3) is 0.692. The Kier molecular flexibility index (Phi) is 4.35. The van der Waals surface area contributed by atoms with E-state index in [0.29, 0.717) is 6.54 Å². The van der Waals surface area contributed by atoms with Crippen molar-refractivity contribution in [2.75, 3.05) is 6.54 Å². The maximum atomic E-state index is 11.9. The van der Waals surface area contributed by atoms with E-state index in [4.69, 9.17) is 5.73 Å². The Morgan fingerprint density at radius 2 is 2.28 bits per heavy atom. The van der Waals surface area contributed by atoms with Crippen molar-refractivity contribution in [1.82, 2.24) is 10.3 Å². The molecule has 0 aromatic carbocycles. The number of hydrogen-bond acceptors (Lipinski definition) is 4. The van der Waals surface area contributed by atoms with Crippen LogP contribution in [0, 0.1) is 19.8 Å². The molecule has 1 aromatic rings. The van der Waals surface area contributed by atoms with E-state index in [9.17, 15) is 4.79 Å². The molecule has 100 valence electrons. The van der Waals surface area contributed by atoms with Crippen LogP contribution < -0.4 is 11.1 Å². The van der Waals surface area contributed by atoms with Crippen LogP contribution in [0.5, 0.6) is 0 Å². The van der Waals surface area contributed by atoms with Gasteiger partial charge in [0.25, 0.3) is 0 Å².